The number of benzene rings is 10. The van der Waals surface area contributed by atoms with Gasteiger partial charge in [-0.25, -0.2) is 0 Å². The van der Waals surface area contributed by atoms with E-state index in [0.29, 0.717) is 0 Å². The number of rotatable bonds is 4. The van der Waals surface area contributed by atoms with Crippen LogP contribution in [-0.2, 0) is 5.41 Å². The summed E-state index contributed by atoms with van der Waals surface area (Å²) in [5.74, 6) is 0. The van der Waals surface area contributed by atoms with Gasteiger partial charge in [-0.3, -0.25) is 0 Å². The van der Waals surface area contributed by atoms with Crippen LogP contribution >= 0.6 is 0 Å². The zero-order chi connectivity index (χ0) is 38.5. The van der Waals surface area contributed by atoms with Crippen LogP contribution in [0.1, 0.15) is 25.0 Å². The molecule has 1 heterocycles. The molecule has 10 aromatic carbocycles. The minimum Gasteiger partial charge on any atom is -0.456 e. The van der Waals surface area contributed by atoms with Crippen LogP contribution in [0.15, 0.2) is 199 Å². The molecule has 12 rings (SSSR count). The smallest absolute Gasteiger partial charge is 0.135 e. The van der Waals surface area contributed by atoms with Gasteiger partial charge in [0.15, 0.2) is 0 Å². The number of furan rings is 1. The molecule has 0 saturated carbocycles. The van der Waals surface area contributed by atoms with Crippen LogP contribution in [0.5, 0.6) is 0 Å². The molecule has 0 fully saturated rings. The van der Waals surface area contributed by atoms with Gasteiger partial charge >= 0.3 is 0 Å². The largest absolute Gasteiger partial charge is 0.456 e. The van der Waals surface area contributed by atoms with E-state index in [2.05, 4.69) is 196 Å². The Balaban J connectivity index is 1.06. The molecule has 0 radical (unpaired) electrons. The van der Waals surface area contributed by atoms with Crippen LogP contribution in [0.3, 0.4) is 0 Å². The Morgan fingerprint density at radius 3 is 1.66 bits per heavy atom. The van der Waals surface area contributed by atoms with Crippen molar-refractivity contribution in [1.82, 2.24) is 0 Å². The summed E-state index contributed by atoms with van der Waals surface area (Å²) in [6.45, 7) is 4.79. The Labute approximate surface area is 337 Å². The molecule has 1 aliphatic rings. The molecule has 1 aromatic heterocycles. The van der Waals surface area contributed by atoms with Gasteiger partial charge in [0.05, 0.1) is 0 Å². The Hall–Kier alpha value is -7.22. The molecule has 1 heteroatoms. The first kappa shape index (κ1) is 33.0. The van der Waals surface area contributed by atoms with Crippen LogP contribution < -0.4 is 0 Å². The maximum atomic E-state index is 6.23. The summed E-state index contributed by atoms with van der Waals surface area (Å²) in [5, 5.41) is 9.87. The molecule has 0 atom stereocenters. The van der Waals surface area contributed by atoms with Crippen molar-refractivity contribution >= 4 is 54.3 Å². The van der Waals surface area contributed by atoms with Gasteiger partial charge < -0.3 is 4.42 Å². The van der Waals surface area contributed by atoms with Crippen molar-refractivity contribution in [2.24, 2.45) is 0 Å². The fraction of sp³-hybridized carbons (Fsp3) is 0.0526. The first-order valence-corrected chi connectivity index (χ1v) is 20.3. The van der Waals surface area contributed by atoms with E-state index in [1.54, 1.807) is 0 Å². The van der Waals surface area contributed by atoms with E-state index in [0.717, 1.165) is 21.9 Å². The van der Waals surface area contributed by atoms with Crippen LogP contribution in [0.4, 0.5) is 0 Å². The van der Waals surface area contributed by atoms with Crippen molar-refractivity contribution in [2.45, 2.75) is 19.3 Å². The van der Waals surface area contributed by atoms with Crippen LogP contribution in [0.25, 0.3) is 110 Å². The van der Waals surface area contributed by atoms with Crippen LogP contribution in [-0.4, -0.2) is 0 Å². The Bertz CT molecular complexity index is 3430. The number of fused-ring (bicyclic) bond motifs is 10. The third-order valence-electron chi connectivity index (χ3n) is 12.8. The van der Waals surface area contributed by atoms with Gasteiger partial charge in [0, 0.05) is 16.2 Å². The van der Waals surface area contributed by atoms with Gasteiger partial charge in [0.2, 0.25) is 0 Å². The highest BCUT2D eigenvalue weighted by Gasteiger charge is 2.38. The van der Waals surface area contributed by atoms with Crippen molar-refractivity contribution in [3.8, 4) is 55.6 Å². The molecule has 11 aromatic rings. The second kappa shape index (κ2) is 12.4. The van der Waals surface area contributed by atoms with E-state index in [-0.39, 0.29) is 5.41 Å². The Kier molecular flexibility index (Phi) is 7.04. The average Bonchev–Trinajstić information content (AvgIpc) is 3.77. The molecule has 0 N–H and O–H groups in total. The first-order chi connectivity index (χ1) is 28.5. The zero-order valence-electron chi connectivity index (χ0n) is 32.4. The van der Waals surface area contributed by atoms with Crippen molar-refractivity contribution < 1.29 is 4.42 Å². The van der Waals surface area contributed by atoms with Gasteiger partial charge in [-0.05, 0) is 123 Å². The standard InChI is InChI=1S/C57H38O/c1-57(2)50-31-29-35-15-3-4-19-40(35)55(50)48-27-14-26-41(56(48)57)36-16-13-17-38(33-36)53-44-22-7-9-24-46(44)54(47-25-10-8-23-45(47)53)43-21-6-5-18-39(43)37-30-32-52-49(34-37)42-20-11-12-28-51(42)58-52/h3-34H,1-2H3. The normalized spacial score (nSPS) is 13.1. The van der Waals surface area contributed by atoms with Gasteiger partial charge in [-0.1, -0.05) is 184 Å². The molecule has 1 aliphatic carbocycles. The van der Waals surface area contributed by atoms with E-state index in [9.17, 15) is 0 Å². The molecular weight excluding hydrogens is 701 g/mol. The maximum absolute atomic E-state index is 6.23. The highest BCUT2D eigenvalue weighted by atomic mass is 16.3. The minimum atomic E-state index is -0.148. The molecule has 0 amide bonds. The van der Waals surface area contributed by atoms with E-state index >= 15 is 0 Å². The number of hydrogen-bond donors (Lipinski definition) is 0. The third-order valence-corrected chi connectivity index (χ3v) is 12.8. The van der Waals surface area contributed by atoms with Crippen molar-refractivity contribution in [1.29, 1.82) is 0 Å². The second-order valence-corrected chi connectivity index (χ2v) is 16.3. The lowest BCUT2D eigenvalue weighted by Crippen LogP contribution is -2.16. The predicted octanol–water partition coefficient (Wildman–Crippen LogP) is 16.0. The summed E-state index contributed by atoms with van der Waals surface area (Å²) in [7, 11) is 0. The van der Waals surface area contributed by atoms with Crippen molar-refractivity contribution in [3.05, 3.63) is 205 Å². The van der Waals surface area contributed by atoms with E-state index in [1.165, 1.54) is 99.1 Å². The topological polar surface area (TPSA) is 13.1 Å². The summed E-state index contributed by atoms with van der Waals surface area (Å²) < 4.78 is 6.23. The summed E-state index contributed by atoms with van der Waals surface area (Å²) in [4.78, 5) is 0. The SMILES string of the molecule is CC1(C)c2ccc3ccccc3c2-c2cccc(-c3cccc(-c4c5ccccc5c(-c5ccccc5-c5ccc6oc7ccccc7c6c5)c5ccccc45)c3)c21. The zero-order valence-corrected chi connectivity index (χ0v) is 32.4. The van der Waals surface area contributed by atoms with E-state index in [4.69, 9.17) is 4.42 Å². The molecule has 58 heavy (non-hydrogen) atoms. The highest BCUT2D eigenvalue weighted by Crippen LogP contribution is 2.55. The lowest BCUT2D eigenvalue weighted by molar-refractivity contribution is 0.662. The molecule has 0 saturated heterocycles. The molecular formula is C57H38O. The third kappa shape index (κ3) is 4.71. The van der Waals surface area contributed by atoms with Gasteiger partial charge in [-0.15, -0.1) is 0 Å². The second-order valence-electron chi connectivity index (χ2n) is 16.3. The van der Waals surface area contributed by atoms with Crippen molar-refractivity contribution in [2.75, 3.05) is 0 Å². The summed E-state index contributed by atoms with van der Waals surface area (Å²) in [5.41, 5.74) is 17.1. The van der Waals surface area contributed by atoms with E-state index in [1.807, 2.05) is 12.1 Å². The van der Waals surface area contributed by atoms with Crippen molar-refractivity contribution in [3.63, 3.8) is 0 Å². The highest BCUT2D eigenvalue weighted by molar-refractivity contribution is 6.22. The summed E-state index contributed by atoms with van der Waals surface area (Å²) in [6.07, 6.45) is 0. The maximum Gasteiger partial charge on any atom is 0.135 e. The quantitative estimate of drug-likeness (QED) is 0.164. The average molecular weight is 739 g/mol. The number of hydrogen-bond acceptors (Lipinski definition) is 1. The first-order valence-electron chi connectivity index (χ1n) is 20.3. The minimum absolute atomic E-state index is 0.148. The Morgan fingerprint density at radius 1 is 0.328 bits per heavy atom. The lowest BCUT2D eigenvalue weighted by Gasteiger charge is -2.25. The fourth-order valence-electron chi connectivity index (χ4n) is 10.3. The Morgan fingerprint density at radius 2 is 0.879 bits per heavy atom. The molecule has 1 nitrogen and oxygen atoms in total. The van der Waals surface area contributed by atoms with Gasteiger partial charge in [-0.2, -0.15) is 0 Å². The molecule has 0 spiro atoms. The van der Waals surface area contributed by atoms with Crippen LogP contribution in [0, 0.1) is 0 Å². The van der Waals surface area contributed by atoms with Gasteiger partial charge in [0.1, 0.15) is 11.2 Å². The molecule has 272 valence electrons. The molecule has 0 bridgehead atoms. The predicted molar refractivity (Wildman–Crippen MR) is 246 cm³/mol. The lowest BCUT2D eigenvalue weighted by atomic mass is 9.78. The molecule has 0 aliphatic heterocycles. The summed E-state index contributed by atoms with van der Waals surface area (Å²) >= 11 is 0. The number of para-hydroxylation sites is 1. The monoisotopic (exact) mass is 738 g/mol. The fourth-order valence-corrected chi connectivity index (χ4v) is 10.3. The molecule has 0 unspecified atom stereocenters. The van der Waals surface area contributed by atoms with Crippen LogP contribution in [0.2, 0.25) is 0 Å². The van der Waals surface area contributed by atoms with E-state index < -0.39 is 0 Å². The summed E-state index contributed by atoms with van der Waals surface area (Å²) in [6, 6.07) is 71.4. The van der Waals surface area contributed by atoms with Gasteiger partial charge in [0.25, 0.3) is 0 Å².